The number of Topliss-reactive ketones (excluding diaryl/α,β-unsaturated/α-hetero) is 1. The molecule has 0 bridgehead atoms. The van der Waals surface area contributed by atoms with Gasteiger partial charge in [-0.15, -0.1) is 0 Å². The Kier molecular flexibility index (Phi) is 8.20. The number of para-hydroxylation sites is 2. The zero-order valence-corrected chi connectivity index (χ0v) is 22.7. The first-order chi connectivity index (χ1) is 19.5. The van der Waals surface area contributed by atoms with Crippen molar-refractivity contribution in [3.05, 3.63) is 36.2 Å². The van der Waals surface area contributed by atoms with Crippen molar-refractivity contribution in [1.29, 1.82) is 0 Å². The van der Waals surface area contributed by atoms with E-state index in [2.05, 4.69) is 15.6 Å². The Hall–Kier alpha value is -3.18. The first kappa shape index (κ1) is 27.0. The minimum atomic E-state index is -2.76. The minimum absolute atomic E-state index is 0.167. The second-order valence-corrected chi connectivity index (χ2v) is 11.2. The smallest absolute Gasteiger partial charge is 0.296 e. The normalized spacial score (nSPS) is 24.0. The van der Waals surface area contributed by atoms with Crippen molar-refractivity contribution in [2.45, 2.75) is 57.4 Å². The molecule has 3 aromatic rings. The number of benzene rings is 1. The fourth-order valence-corrected chi connectivity index (χ4v) is 6.24. The molecular weight excluding hydrogens is 516 g/mol. The standard InChI is InChI=1S/C29H37F2N7O2/c30-27(31)28-34-22-5-1-2-6-23(22)38(28)26-17-25(35-29(36-26)37-12-14-40-15-13-37)33-21-9-7-19(8-10-21)16-24(39)20-4-3-11-32-18-20/h1-2,5-6,17,19-21,27,32H,3-4,7-16,18H2,(H,33,35,36)/t19?,20-,21?/m0/s1. The molecule has 3 fully saturated rings. The van der Waals surface area contributed by atoms with Crippen molar-refractivity contribution >= 4 is 28.6 Å². The number of nitrogens with one attached hydrogen (secondary N) is 2. The number of ketones is 1. The molecule has 2 aromatic heterocycles. The third-order valence-corrected chi connectivity index (χ3v) is 8.45. The lowest BCUT2D eigenvalue weighted by Gasteiger charge is -2.31. The number of aromatic nitrogens is 4. The number of carbonyl (C=O) groups is 1. The summed E-state index contributed by atoms with van der Waals surface area (Å²) in [5, 5.41) is 6.92. The predicted octanol–water partition coefficient (Wildman–Crippen LogP) is 4.52. The van der Waals surface area contributed by atoms with E-state index in [-0.39, 0.29) is 17.8 Å². The average molecular weight is 554 g/mol. The van der Waals surface area contributed by atoms with Crippen LogP contribution in [0.2, 0.25) is 0 Å². The van der Waals surface area contributed by atoms with Gasteiger partial charge in [-0.3, -0.25) is 9.36 Å². The molecule has 3 aliphatic rings. The number of imidazole rings is 1. The van der Waals surface area contributed by atoms with Crippen molar-refractivity contribution in [3.63, 3.8) is 0 Å². The van der Waals surface area contributed by atoms with Gasteiger partial charge in [0.15, 0.2) is 5.82 Å². The number of alkyl halides is 2. The van der Waals surface area contributed by atoms with Crippen molar-refractivity contribution in [3.8, 4) is 5.82 Å². The molecule has 0 spiro atoms. The molecule has 214 valence electrons. The lowest BCUT2D eigenvalue weighted by Crippen LogP contribution is -2.38. The lowest BCUT2D eigenvalue weighted by molar-refractivity contribution is -0.124. The fraction of sp³-hybridized carbons (Fsp3) is 0.586. The molecule has 1 aromatic carbocycles. The van der Waals surface area contributed by atoms with Crippen molar-refractivity contribution in [2.75, 3.05) is 49.6 Å². The summed E-state index contributed by atoms with van der Waals surface area (Å²) >= 11 is 0. The Bertz CT molecular complexity index is 1310. The van der Waals surface area contributed by atoms with Gasteiger partial charge in [0.25, 0.3) is 6.43 Å². The third kappa shape index (κ3) is 5.95. The summed E-state index contributed by atoms with van der Waals surface area (Å²) in [6.45, 7) is 4.21. The van der Waals surface area contributed by atoms with E-state index in [9.17, 15) is 13.6 Å². The lowest BCUT2D eigenvalue weighted by atomic mass is 9.80. The molecule has 2 saturated heterocycles. The first-order valence-electron chi connectivity index (χ1n) is 14.5. The van der Waals surface area contributed by atoms with Gasteiger partial charge in [-0.2, -0.15) is 9.97 Å². The Labute approximate surface area is 232 Å². The largest absolute Gasteiger partial charge is 0.378 e. The summed E-state index contributed by atoms with van der Waals surface area (Å²) in [6.07, 6.45) is 3.83. The van der Waals surface area contributed by atoms with Gasteiger partial charge in [0, 0.05) is 44.1 Å². The SMILES string of the molecule is O=C(CC1CCC(Nc2cc(-n3c(C(F)F)nc4ccccc43)nc(N3CCOCC3)n2)CC1)[C@H]1CCCNC1. The molecule has 2 aliphatic heterocycles. The Balaban J connectivity index is 1.22. The second-order valence-electron chi connectivity index (χ2n) is 11.2. The number of ether oxygens (including phenoxy) is 1. The van der Waals surface area contributed by atoms with Crippen molar-refractivity contribution in [2.24, 2.45) is 11.8 Å². The van der Waals surface area contributed by atoms with Gasteiger partial charge in [0.2, 0.25) is 5.95 Å². The highest BCUT2D eigenvalue weighted by Crippen LogP contribution is 2.32. The van der Waals surface area contributed by atoms with E-state index in [0.29, 0.717) is 73.0 Å². The number of morpholine rings is 1. The van der Waals surface area contributed by atoms with Gasteiger partial charge in [0.1, 0.15) is 17.4 Å². The minimum Gasteiger partial charge on any atom is -0.378 e. The van der Waals surface area contributed by atoms with E-state index < -0.39 is 6.43 Å². The van der Waals surface area contributed by atoms with Crippen LogP contribution >= 0.6 is 0 Å². The molecule has 1 aliphatic carbocycles. The Morgan fingerprint density at radius 3 is 2.62 bits per heavy atom. The average Bonchev–Trinajstić information content (AvgIpc) is 3.39. The highest BCUT2D eigenvalue weighted by molar-refractivity contribution is 5.81. The molecule has 0 unspecified atom stereocenters. The number of piperidine rings is 1. The van der Waals surface area contributed by atoms with Gasteiger partial charge >= 0.3 is 0 Å². The van der Waals surface area contributed by atoms with Gasteiger partial charge in [0.05, 0.1) is 24.2 Å². The Morgan fingerprint density at radius 1 is 1.07 bits per heavy atom. The number of halogens is 2. The second kappa shape index (κ2) is 12.1. The summed E-state index contributed by atoms with van der Waals surface area (Å²) in [5.41, 5.74) is 1.07. The number of rotatable bonds is 8. The van der Waals surface area contributed by atoms with E-state index in [1.165, 1.54) is 4.57 Å². The maximum atomic E-state index is 14.1. The van der Waals surface area contributed by atoms with Crippen LogP contribution in [-0.2, 0) is 9.53 Å². The monoisotopic (exact) mass is 553 g/mol. The molecule has 6 rings (SSSR count). The number of anilines is 2. The van der Waals surface area contributed by atoms with Crippen LogP contribution in [0.3, 0.4) is 0 Å². The van der Waals surface area contributed by atoms with E-state index in [1.807, 2.05) is 11.0 Å². The van der Waals surface area contributed by atoms with Crippen LogP contribution in [0.5, 0.6) is 0 Å². The van der Waals surface area contributed by atoms with Crippen molar-refractivity contribution in [1.82, 2.24) is 24.8 Å². The van der Waals surface area contributed by atoms with Gasteiger partial charge in [-0.1, -0.05) is 12.1 Å². The highest BCUT2D eigenvalue weighted by atomic mass is 19.3. The molecule has 11 heteroatoms. The molecular formula is C29H37F2N7O2. The van der Waals surface area contributed by atoms with Gasteiger partial charge in [-0.25, -0.2) is 13.8 Å². The topological polar surface area (TPSA) is 97.2 Å². The number of carbonyl (C=O) groups excluding carboxylic acids is 1. The quantitative estimate of drug-likeness (QED) is 0.420. The van der Waals surface area contributed by atoms with Crippen LogP contribution in [0.15, 0.2) is 30.3 Å². The molecule has 0 radical (unpaired) electrons. The summed E-state index contributed by atoms with van der Waals surface area (Å²) in [5.74, 6) is 2.12. The summed E-state index contributed by atoms with van der Waals surface area (Å²) in [7, 11) is 0. The summed E-state index contributed by atoms with van der Waals surface area (Å²) < 4.78 is 35.2. The van der Waals surface area contributed by atoms with Gasteiger partial charge in [-0.05, 0) is 63.1 Å². The molecule has 40 heavy (non-hydrogen) atoms. The third-order valence-electron chi connectivity index (χ3n) is 8.45. The van der Waals surface area contributed by atoms with E-state index in [1.54, 1.807) is 24.3 Å². The maximum Gasteiger partial charge on any atom is 0.296 e. The fourth-order valence-electron chi connectivity index (χ4n) is 6.24. The van der Waals surface area contributed by atoms with Crippen LogP contribution in [-0.4, -0.2) is 70.7 Å². The van der Waals surface area contributed by atoms with Gasteiger partial charge < -0.3 is 20.3 Å². The van der Waals surface area contributed by atoms with E-state index in [0.717, 1.165) is 51.6 Å². The number of hydrogen-bond donors (Lipinski definition) is 2. The van der Waals surface area contributed by atoms with Crippen LogP contribution in [0.4, 0.5) is 20.5 Å². The summed E-state index contributed by atoms with van der Waals surface area (Å²) in [4.78, 5) is 28.6. The van der Waals surface area contributed by atoms with E-state index in [4.69, 9.17) is 14.7 Å². The molecule has 1 saturated carbocycles. The molecule has 0 amide bonds. The zero-order chi connectivity index (χ0) is 27.5. The van der Waals surface area contributed by atoms with E-state index >= 15 is 0 Å². The zero-order valence-electron chi connectivity index (χ0n) is 22.7. The molecule has 4 heterocycles. The molecule has 1 atom stereocenters. The molecule has 2 N–H and O–H groups in total. The Morgan fingerprint density at radius 2 is 1.88 bits per heavy atom. The summed E-state index contributed by atoms with van der Waals surface area (Å²) in [6, 6.07) is 9.05. The maximum absolute atomic E-state index is 14.1. The number of nitrogens with zero attached hydrogens (tertiary/aromatic N) is 5. The van der Waals surface area contributed by atoms with Crippen LogP contribution < -0.4 is 15.5 Å². The van der Waals surface area contributed by atoms with Crippen LogP contribution in [0.25, 0.3) is 16.9 Å². The highest BCUT2D eigenvalue weighted by Gasteiger charge is 2.28. The number of hydrogen-bond acceptors (Lipinski definition) is 8. The predicted molar refractivity (Wildman–Crippen MR) is 149 cm³/mol. The van der Waals surface area contributed by atoms with Crippen LogP contribution in [0, 0.1) is 11.8 Å². The first-order valence-corrected chi connectivity index (χ1v) is 14.5. The molecule has 9 nitrogen and oxygen atoms in total. The van der Waals surface area contributed by atoms with Crippen LogP contribution in [0.1, 0.15) is 57.2 Å². The number of fused-ring (bicyclic) bond motifs is 1. The van der Waals surface area contributed by atoms with Crippen molar-refractivity contribution < 1.29 is 18.3 Å².